The molecule has 1 atom stereocenters. The molecule has 34 heavy (non-hydrogen) atoms. The maximum Gasteiger partial charge on any atom is 0.341 e. The summed E-state index contributed by atoms with van der Waals surface area (Å²) in [7, 11) is 0. The predicted octanol–water partition coefficient (Wildman–Crippen LogP) is 2.02. The second-order valence-electron chi connectivity index (χ2n) is 8.05. The van der Waals surface area contributed by atoms with Crippen LogP contribution in [-0.2, 0) is 0 Å². The van der Waals surface area contributed by atoms with E-state index in [9.17, 15) is 13.6 Å². The fourth-order valence-electron chi connectivity index (χ4n) is 4.10. The molecule has 1 unspecified atom stereocenters. The van der Waals surface area contributed by atoms with Crippen molar-refractivity contribution in [2.75, 3.05) is 31.1 Å². The lowest BCUT2D eigenvalue weighted by molar-refractivity contribution is 0.139. The molecule has 0 aliphatic carbocycles. The third kappa shape index (κ3) is 4.04. The third-order valence-corrected chi connectivity index (χ3v) is 5.76. The summed E-state index contributed by atoms with van der Waals surface area (Å²) in [5.41, 5.74) is 0.593. The van der Waals surface area contributed by atoms with Crippen molar-refractivity contribution in [3.05, 3.63) is 53.5 Å². The van der Waals surface area contributed by atoms with E-state index in [1.165, 1.54) is 15.8 Å². The molecule has 1 saturated heterocycles. The SMILES string of the molecule is Cc1nc(C)n(-c2nc(N3CCN(C(=O)N4N=CCC4c4cncc(F)c4)CC3)ncc2F)n1. The highest BCUT2D eigenvalue weighted by Crippen LogP contribution is 2.29. The Morgan fingerprint density at radius 3 is 2.56 bits per heavy atom. The highest BCUT2D eigenvalue weighted by molar-refractivity contribution is 5.78. The Balaban J connectivity index is 1.28. The van der Waals surface area contributed by atoms with Gasteiger partial charge in [-0.15, -0.1) is 5.10 Å². The lowest BCUT2D eigenvalue weighted by Gasteiger charge is -2.37. The summed E-state index contributed by atoms with van der Waals surface area (Å²) in [6, 6.07) is 0.704. The van der Waals surface area contributed by atoms with Crippen LogP contribution in [0.5, 0.6) is 0 Å². The third-order valence-electron chi connectivity index (χ3n) is 5.76. The van der Waals surface area contributed by atoms with Crippen LogP contribution in [0.25, 0.3) is 5.82 Å². The van der Waals surface area contributed by atoms with Crippen LogP contribution in [-0.4, -0.2) is 78.0 Å². The minimum atomic E-state index is -0.602. The maximum atomic E-state index is 14.4. The number of aryl methyl sites for hydroxylation is 2. The molecule has 11 nitrogen and oxygen atoms in total. The van der Waals surface area contributed by atoms with Gasteiger partial charge in [0.25, 0.3) is 0 Å². The van der Waals surface area contributed by atoms with Gasteiger partial charge in [-0.05, 0) is 25.5 Å². The van der Waals surface area contributed by atoms with Gasteiger partial charge in [-0.25, -0.2) is 28.6 Å². The number of pyridine rings is 1. The first-order valence-corrected chi connectivity index (χ1v) is 10.8. The van der Waals surface area contributed by atoms with Crippen LogP contribution in [0.3, 0.4) is 0 Å². The van der Waals surface area contributed by atoms with Gasteiger partial charge in [0.05, 0.1) is 18.4 Å². The summed E-state index contributed by atoms with van der Waals surface area (Å²) >= 11 is 0. The normalized spacial score (nSPS) is 18.1. The summed E-state index contributed by atoms with van der Waals surface area (Å²) in [4.78, 5) is 33.3. The van der Waals surface area contributed by atoms with Crippen LogP contribution in [0, 0.1) is 25.5 Å². The lowest BCUT2D eigenvalue weighted by atomic mass is 10.1. The Bertz CT molecular complexity index is 1250. The molecular formula is C21H22F2N10O. The van der Waals surface area contributed by atoms with E-state index < -0.39 is 17.7 Å². The van der Waals surface area contributed by atoms with E-state index in [2.05, 4.69) is 30.1 Å². The van der Waals surface area contributed by atoms with Crippen LogP contribution >= 0.6 is 0 Å². The van der Waals surface area contributed by atoms with Crippen LogP contribution in [0.1, 0.15) is 29.7 Å². The number of carbonyl (C=O) groups is 1. The van der Waals surface area contributed by atoms with Gasteiger partial charge in [-0.3, -0.25) is 4.98 Å². The quantitative estimate of drug-likeness (QED) is 0.579. The van der Waals surface area contributed by atoms with E-state index in [0.717, 1.165) is 12.4 Å². The smallest absolute Gasteiger partial charge is 0.337 e. The topological polar surface area (TPSA) is 109 Å². The first-order valence-electron chi connectivity index (χ1n) is 10.8. The van der Waals surface area contributed by atoms with Crippen molar-refractivity contribution in [3.63, 3.8) is 0 Å². The molecule has 2 amide bonds. The number of hydrogen-bond acceptors (Lipinski definition) is 8. The van der Waals surface area contributed by atoms with Gasteiger partial charge in [0.1, 0.15) is 17.5 Å². The fourth-order valence-corrected chi connectivity index (χ4v) is 4.10. The number of nitrogens with zero attached hydrogens (tertiary/aromatic N) is 10. The number of urea groups is 1. The Labute approximate surface area is 193 Å². The summed E-state index contributed by atoms with van der Waals surface area (Å²) in [5, 5.41) is 9.78. The number of hydrogen-bond donors (Lipinski definition) is 0. The van der Waals surface area contributed by atoms with Crippen molar-refractivity contribution in [1.82, 2.24) is 39.6 Å². The molecule has 0 bridgehead atoms. The molecule has 0 radical (unpaired) electrons. The van der Waals surface area contributed by atoms with E-state index >= 15 is 0 Å². The zero-order chi connectivity index (χ0) is 23.8. The molecule has 13 heteroatoms. The summed E-state index contributed by atoms with van der Waals surface area (Å²) in [6.07, 6.45) is 5.92. The van der Waals surface area contributed by atoms with Gasteiger partial charge in [0, 0.05) is 45.0 Å². The van der Waals surface area contributed by atoms with Gasteiger partial charge < -0.3 is 9.80 Å². The van der Waals surface area contributed by atoms with E-state index in [0.29, 0.717) is 55.8 Å². The van der Waals surface area contributed by atoms with Crippen molar-refractivity contribution < 1.29 is 13.6 Å². The fraction of sp³-hybridized carbons (Fsp3) is 0.381. The molecule has 0 aromatic carbocycles. The number of aromatic nitrogens is 6. The number of anilines is 1. The van der Waals surface area contributed by atoms with E-state index in [1.54, 1.807) is 31.2 Å². The lowest BCUT2D eigenvalue weighted by Crippen LogP contribution is -2.52. The largest absolute Gasteiger partial charge is 0.341 e. The van der Waals surface area contributed by atoms with E-state index in [-0.39, 0.29) is 11.8 Å². The molecule has 2 aliphatic heterocycles. The van der Waals surface area contributed by atoms with Gasteiger partial charge in [0.15, 0.2) is 11.6 Å². The number of hydrazone groups is 1. The molecule has 5 rings (SSSR count). The number of amides is 2. The van der Waals surface area contributed by atoms with Crippen LogP contribution in [0.4, 0.5) is 19.5 Å². The average Bonchev–Trinajstić information content (AvgIpc) is 3.45. The van der Waals surface area contributed by atoms with Crippen molar-refractivity contribution >= 4 is 18.2 Å². The zero-order valence-electron chi connectivity index (χ0n) is 18.6. The molecule has 0 spiro atoms. The first-order chi connectivity index (χ1) is 16.4. The number of carbonyl (C=O) groups excluding carboxylic acids is 1. The Kier molecular flexibility index (Phi) is 5.59. The maximum absolute atomic E-state index is 14.4. The Hall–Kier alpha value is -4.03. The summed E-state index contributed by atoms with van der Waals surface area (Å²) < 4.78 is 29.4. The summed E-state index contributed by atoms with van der Waals surface area (Å²) in [5.74, 6) is 0.348. The van der Waals surface area contributed by atoms with Crippen molar-refractivity contribution in [3.8, 4) is 5.82 Å². The van der Waals surface area contributed by atoms with Crippen LogP contribution < -0.4 is 4.90 Å². The summed E-state index contributed by atoms with van der Waals surface area (Å²) in [6.45, 7) is 5.15. The van der Waals surface area contributed by atoms with Crippen molar-refractivity contribution in [2.45, 2.75) is 26.3 Å². The van der Waals surface area contributed by atoms with Gasteiger partial charge >= 0.3 is 6.03 Å². The first kappa shape index (κ1) is 21.8. The highest BCUT2D eigenvalue weighted by atomic mass is 19.1. The number of rotatable bonds is 3. The molecule has 0 N–H and O–H groups in total. The molecular weight excluding hydrogens is 446 g/mol. The van der Waals surface area contributed by atoms with E-state index in [4.69, 9.17) is 0 Å². The van der Waals surface area contributed by atoms with Crippen molar-refractivity contribution in [1.29, 1.82) is 0 Å². The molecule has 176 valence electrons. The molecule has 3 aromatic rings. The molecule has 0 saturated carbocycles. The van der Waals surface area contributed by atoms with Crippen LogP contribution in [0.2, 0.25) is 0 Å². The molecule has 5 heterocycles. The minimum Gasteiger partial charge on any atom is -0.337 e. The second kappa shape index (κ2) is 8.72. The molecule has 2 aliphatic rings. The average molecular weight is 468 g/mol. The van der Waals surface area contributed by atoms with Gasteiger partial charge in [-0.1, -0.05) is 0 Å². The second-order valence-corrected chi connectivity index (χ2v) is 8.05. The number of halogens is 2. The Morgan fingerprint density at radius 2 is 1.85 bits per heavy atom. The van der Waals surface area contributed by atoms with Gasteiger partial charge in [-0.2, -0.15) is 14.8 Å². The molecule has 1 fully saturated rings. The van der Waals surface area contributed by atoms with E-state index in [1.807, 2.05) is 4.90 Å². The minimum absolute atomic E-state index is 0.0274. The Morgan fingerprint density at radius 1 is 1.06 bits per heavy atom. The molecule has 3 aromatic heterocycles. The van der Waals surface area contributed by atoms with Crippen molar-refractivity contribution in [2.24, 2.45) is 5.10 Å². The highest BCUT2D eigenvalue weighted by Gasteiger charge is 2.34. The van der Waals surface area contributed by atoms with Crippen LogP contribution in [0.15, 0.2) is 29.8 Å². The standard InChI is InChI=1S/C21H22F2N10O/c1-13-27-14(2)32(29-13)19-17(23)12-25-20(28-19)30-5-7-31(8-6-30)21(34)33-18(3-4-26-33)15-9-16(22)11-24-10-15/h4,9-12,18H,3,5-8H2,1-2H3. The number of piperazine rings is 1. The monoisotopic (exact) mass is 468 g/mol. The zero-order valence-corrected chi connectivity index (χ0v) is 18.6. The predicted molar refractivity (Wildman–Crippen MR) is 117 cm³/mol. The van der Waals surface area contributed by atoms with Gasteiger partial charge in [0.2, 0.25) is 5.95 Å².